The van der Waals surface area contributed by atoms with E-state index in [1.807, 2.05) is 31.2 Å². The molecule has 0 heterocycles. The molecule has 26 heavy (non-hydrogen) atoms. The predicted octanol–water partition coefficient (Wildman–Crippen LogP) is 5.28. The summed E-state index contributed by atoms with van der Waals surface area (Å²) in [6, 6.07) is 16.7. The van der Waals surface area contributed by atoms with Crippen molar-refractivity contribution in [1.29, 1.82) is 0 Å². The summed E-state index contributed by atoms with van der Waals surface area (Å²) in [6.07, 6.45) is 0. The van der Waals surface area contributed by atoms with E-state index < -0.39 is 0 Å². The number of methoxy groups -OCH3 is 1. The first-order chi connectivity index (χ1) is 12.4. The third kappa shape index (κ3) is 5.60. The number of benzene rings is 2. The first-order valence-corrected chi connectivity index (χ1v) is 9.24. The number of anilines is 1. The molecule has 0 bridgehead atoms. The summed E-state index contributed by atoms with van der Waals surface area (Å²) in [5.74, 6) is 1.36. The van der Waals surface area contributed by atoms with E-state index in [9.17, 15) is 0 Å². The van der Waals surface area contributed by atoms with Gasteiger partial charge in [0.05, 0.1) is 13.7 Å². The maximum atomic E-state index is 5.65. The molecule has 2 aromatic rings. The zero-order valence-corrected chi connectivity index (χ0v) is 16.9. The van der Waals surface area contributed by atoms with E-state index >= 15 is 0 Å². The molecule has 0 radical (unpaired) electrons. The fourth-order valence-electron chi connectivity index (χ4n) is 2.55. The molecule has 0 aliphatic heterocycles. The average Bonchev–Trinajstić information content (AvgIpc) is 2.64. The van der Waals surface area contributed by atoms with Crippen molar-refractivity contribution in [2.75, 3.05) is 18.6 Å². The lowest BCUT2D eigenvalue weighted by Gasteiger charge is -2.26. The molecule has 138 valence electrons. The molecule has 0 unspecified atom stereocenters. The molecule has 3 nitrogen and oxygen atoms in total. The Morgan fingerprint density at radius 1 is 1.12 bits per heavy atom. The minimum Gasteiger partial charge on any atom is -0.497 e. The van der Waals surface area contributed by atoms with Crippen molar-refractivity contribution in [1.82, 2.24) is 5.32 Å². The Kier molecular flexibility index (Phi) is 7.22. The van der Waals surface area contributed by atoms with E-state index in [2.05, 4.69) is 54.9 Å². The van der Waals surface area contributed by atoms with Crippen molar-refractivity contribution in [2.24, 2.45) is 0 Å². The smallest absolute Gasteiger partial charge is 0.174 e. The molecular weight excluding hydrogens is 340 g/mol. The van der Waals surface area contributed by atoms with Gasteiger partial charge >= 0.3 is 0 Å². The summed E-state index contributed by atoms with van der Waals surface area (Å²) in [5, 5.41) is 3.97. The van der Waals surface area contributed by atoms with Gasteiger partial charge in [0, 0.05) is 12.2 Å². The second-order valence-corrected chi connectivity index (χ2v) is 7.18. The van der Waals surface area contributed by atoms with Gasteiger partial charge in [-0.15, -0.1) is 0 Å². The van der Waals surface area contributed by atoms with Gasteiger partial charge in [-0.2, -0.15) is 0 Å². The zero-order valence-electron chi connectivity index (χ0n) is 16.1. The van der Waals surface area contributed by atoms with E-state index in [4.69, 9.17) is 17.0 Å². The van der Waals surface area contributed by atoms with Gasteiger partial charge in [0.25, 0.3) is 0 Å². The first-order valence-electron chi connectivity index (χ1n) is 8.83. The molecule has 0 amide bonds. The van der Waals surface area contributed by atoms with Gasteiger partial charge in [0.2, 0.25) is 0 Å². The lowest BCUT2D eigenvalue weighted by Crippen LogP contribution is -2.40. The van der Waals surface area contributed by atoms with Crippen LogP contribution in [0.2, 0.25) is 0 Å². The van der Waals surface area contributed by atoms with Crippen molar-refractivity contribution < 1.29 is 4.74 Å². The molecule has 0 saturated carbocycles. The Labute approximate surface area is 162 Å². The van der Waals surface area contributed by atoms with Crippen LogP contribution in [0.1, 0.15) is 37.8 Å². The van der Waals surface area contributed by atoms with Crippen LogP contribution in [0.25, 0.3) is 0 Å². The summed E-state index contributed by atoms with van der Waals surface area (Å²) in [6.45, 7) is 11.7. The first kappa shape index (κ1) is 20.0. The third-order valence-electron chi connectivity index (χ3n) is 4.16. The summed E-state index contributed by atoms with van der Waals surface area (Å²) in [4.78, 5) is 2.10. The summed E-state index contributed by atoms with van der Waals surface area (Å²) in [5.41, 5.74) is 4.62. The molecule has 0 aromatic heterocycles. The minimum absolute atomic E-state index is 0.528. The number of hydrogen-bond donors (Lipinski definition) is 1. The summed E-state index contributed by atoms with van der Waals surface area (Å²) >= 11 is 5.65. The van der Waals surface area contributed by atoms with Gasteiger partial charge in [0.1, 0.15) is 5.75 Å². The van der Waals surface area contributed by atoms with Crippen LogP contribution in [0.3, 0.4) is 0 Å². The topological polar surface area (TPSA) is 24.5 Å². The summed E-state index contributed by atoms with van der Waals surface area (Å²) < 4.78 is 5.26. The number of thiocarbonyl (C=S) groups is 1. The van der Waals surface area contributed by atoms with Crippen molar-refractivity contribution in [3.8, 4) is 5.75 Å². The van der Waals surface area contributed by atoms with Gasteiger partial charge in [-0.1, -0.05) is 50.3 Å². The normalized spacial score (nSPS) is 10.5. The second kappa shape index (κ2) is 9.39. The summed E-state index contributed by atoms with van der Waals surface area (Å²) in [7, 11) is 1.67. The van der Waals surface area contributed by atoms with E-state index in [-0.39, 0.29) is 0 Å². The molecule has 0 aliphatic carbocycles. The number of rotatable bonds is 7. The number of ether oxygens (including phenoxy) is 1. The van der Waals surface area contributed by atoms with Crippen LogP contribution in [0.4, 0.5) is 5.69 Å². The van der Waals surface area contributed by atoms with E-state index in [1.165, 1.54) is 11.1 Å². The number of nitrogens with one attached hydrogen (secondary N) is 1. The van der Waals surface area contributed by atoms with E-state index in [1.54, 1.807) is 7.11 Å². The quantitative estimate of drug-likeness (QED) is 0.531. The van der Waals surface area contributed by atoms with Crippen molar-refractivity contribution in [3.63, 3.8) is 0 Å². The van der Waals surface area contributed by atoms with Gasteiger partial charge in [-0.25, -0.2) is 0 Å². The van der Waals surface area contributed by atoms with Crippen LogP contribution >= 0.6 is 12.2 Å². The molecule has 0 aliphatic rings. The Hall–Kier alpha value is -2.33. The van der Waals surface area contributed by atoms with Crippen molar-refractivity contribution in [3.05, 3.63) is 71.8 Å². The highest BCUT2D eigenvalue weighted by atomic mass is 32.1. The molecule has 0 atom stereocenters. The maximum Gasteiger partial charge on any atom is 0.174 e. The van der Waals surface area contributed by atoms with Gasteiger partial charge < -0.3 is 15.0 Å². The Morgan fingerprint density at radius 3 is 2.23 bits per heavy atom. The van der Waals surface area contributed by atoms with Gasteiger partial charge in [0.15, 0.2) is 5.11 Å². The Balaban J connectivity index is 2.23. The highest BCUT2D eigenvalue weighted by Gasteiger charge is 2.13. The lowest BCUT2D eigenvalue weighted by molar-refractivity contribution is 0.415. The Bertz CT molecular complexity index is 736. The molecule has 0 saturated heterocycles. The van der Waals surface area contributed by atoms with Crippen molar-refractivity contribution >= 4 is 23.0 Å². The highest BCUT2D eigenvalue weighted by molar-refractivity contribution is 7.80. The fraction of sp³-hybridized carbons (Fsp3) is 0.318. The molecule has 4 heteroatoms. The molecular formula is C22H28N2OS. The second-order valence-electron chi connectivity index (χ2n) is 6.80. The molecule has 2 rings (SSSR count). The average molecular weight is 369 g/mol. The van der Waals surface area contributed by atoms with E-state index in [0.29, 0.717) is 24.1 Å². The Morgan fingerprint density at radius 2 is 1.73 bits per heavy atom. The van der Waals surface area contributed by atoms with Crippen LogP contribution in [-0.4, -0.2) is 18.8 Å². The maximum absolute atomic E-state index is 5.65. The minimum atomic E-state index is 0.528. The van der Waals surface area contributed by atoms with Crippen LogP contribution in [-0.2, 0) is 6.54 Å². The molecule has 0 spiro atoms. The van der Waals surface area contributed by atoms with Gasteiger partial charge in [-0.05, 0) is 60.5 Å². The van der Waals surface area contributed by atoms with Crippen LogP contribution < -0.4 is 15.0 Å². The molecule has 0 fully saturated rings. The van der Waals surface area contributed by atoms with Crippen LogP contribution in [0.5, 0.6) is 5.75 Å². The SMILES string of the molecule is C=C(C)CNC(=S)N(Cc1ccc(C(C)C)cc1)c1ccc(OC)cc1. The number of nitrogens with zero attached hydrogens (tertiary/aromatic N) is 1. The third-order valence-corrected chi connectivity index (χ3v) is 4.52. The zero-order chi connectivity index (χ0) is 19.1. The lowest BCUT2D eigenvalue weighted by atomic mass is 10.0. The monoisotopic (exact) mass is 368 g/mol. The van der Waals surface area contributed by atoms with E-state index in [0.717, 1.165) is 17.0 Å². The largest absolute Gasteiger partial charge is 0.497 e. The highest BCUT2D eigenvalue weighted by Crippen LogP contribution is 2.22. The number of hydrogen-bond acceptors (Lipinski definition) is 2. The molecule has 2 aromatic carbocycles. The fourth-order valence-corrected chi connectivity index (χ4v) is 2.80. The molecule has 1 N–H and O–H groups in total. The predicted molar refractivity (Wildman–Crippen MR) is 115 cm³/mol. The van der Waals surface area contributed by atoms with Gasteiger partial charge in [-0.3, -0.25) is 0 Å². The standard InChI is InChI=1S/C22H28N2OS/c1-16(2)14-23-22(26)24(20-10-12-21(25-5)13-11-20)15-18-6-8-19(9-7-18)17(3)4/h6-13,17H,1,14-15H2,2-5H3,(H,23,26). The van der Waals surface area contributed by atoms with Crippen LogP contribution in [0.15, 0.2) is 60.7 Å². The van der Waals surface area contributed by atoms with Crippen molar-refractivity contribution in [2.45, 2.75) is 33.2 Å². The van der Waals surface area contributed by atoms with Crippen LogP contribution in [0, 0.1) is 0 Å².